The zero-order valence-electron chi connectivity index (χ0n) is 20.3. The molecule has 0 unspecified atom stereocenters. The molecule has 4 N–H and O–H groups in total. The molecule has 1 aliphatic rings. The van der Waals surface area contributed by atoms with E-state index in [0.29, 0.717) is 35.6 Å². The van der Waals surface area contributed by atoms with Gasteiger partial charge >= 0.3 is 13.7 Å². The predicted molar refractivity (Wildman–Crippen MR) is 132 cm³/mol. The molecule has 4 atom stereocenters. The van der Waals surface area contributed by atoms with Crippen LogP contribution < -0.4 is 20.7 Å². The number of para-hydroxylation sites is 1. The van der Waals surface area contributed by atoms with Crippen molar-refractivity contribution in [2.24, 2.45) is 0 Å². The molecule has 0 bridgehead atoms. The molecule has 1 fully saturated rings. The van der Waals surface area contributed by atoms with E-state index in [1.807, 2.05) is 0 Å². The van der Waals surface area contributed by atoms with Crippen LogP contribution in [0.25, 0.3) is 11.2 Å². The molecule has 14 heteroatoms. The van der Waals surface area contributed by atoms with Gasteiger partial charge in [-0.1, -0.05) is 18.2 Å². The van der Waals surface area contributed by atoms with E-state index in [9.17, 15) is 9.36 Å². The maximum absolute atomic E-state index is 13.6. The molecular weight excluding hydrogens is 489 g/mol. The van der Waals surface area contributed by atoms with Gasteiger partial charge in [0, 0.05) is 7.05 Å². The summed E-state index contributed by atoms with van der Waals surface area (Å²) in [7, 11) is -2.23. The highest BCUT2D eigenvalue weighted by molar-refractivity contribution is 7.52. The lowest BCUT2D eigenvalue weighted by atomic mass is 10.2. The fraction of sp³-hybridized carbons (Fsp3) is 0.455. The molecule has 0 radical (unpaired) electrons. The largest absolute Gasteiger partial charge is 0.465 e. The van der Waals surface area contributed by atoms with Crippen molar-refractivity contribution in [3.63, 3.8) is 0 Å². The zero-order valence-corrected chi connectivity index (χ0v) is 21.2. The Bertz CT molecular complexity index is 1240. The summed E-state index contributed by atoms with van der Waals surface area (Å²) in [5, 5.41) is 5.62. The number of rotatable bonds is 11. The number of imidazole rings is 1. The Balaban J connectivity index is 1.45. The molecule has 0 spiro atoms. The number of nitrogen functional groups attached to an aromatic ring is 1. The van der Waals surface area contributed by atoms with Crippen LogP contribution in [0.4, 0.5) is 11.8 Å². The highest BCUT2D eigenvalue weighted by Crippen LogP contribution is 2.46. The average molecular weight is 519 g/mol. The van der Waals surface area contributed by atoms with Gasteiger partial charge in [0.25, 0.3) is 0 Å². The number of carbonyl (C=O) groups is 1. The number of carbonyl (C=O) groups excluding carboxylic acids is 1. The molecule has 0 amide bonds. The molecule has 13 nitrogen and oxygen atoms in total. The molecule has 194 valence electrons. The number of ether oxygens (including phenoxy) is 2. The summed E-state index contributed by atoms with van der Waals surface area (Å²) in [4.78, 5) is 25.0. The summed E-state index contributed by atoms with van der Waals surface area (Å²) in [6.07, 6.45) is 2.14. The summed E-state index contributed by atoms with van der Waals surface area (Å²) in [6, 6.07) is 7.66. The third-order valence-electron chi connectivity index (χ3n) is 5.46. The van der Waals surface area contributed by atoms with Crippen molar-refractivity contribution in [2.75, 3.05) is 31.3 Å². The summed E-state index contributed by atoms with van der Waals surface area (Å²) in [6.45, 7) is 3.39. The monoisotopic (exact) mass is 519 g/mol. The molecular formula is C22H30N7O6P. The van der Waals surface area contributed by atoms with Gasteiger partial charge in [0.1, 0.15) is 18.0 Å². The minimum Gasteiger partial charge on any atom is -0.465 e. The van der Waals surface area contributed by atoms with Crippen molar-refractivity contribution < 1.29 is 27.9 Å². The number of hydrogen-bond donors (Lipinski definition) is 3. The fourth-order valence-corrected chi connectivity index (χ4v) is 5.30. The van der Waals surface area contributed by atoms with Crippen LogP contribution in [0.15, 0.2) is 36.7 Å². The van der Waals surface area contributed by atoms with E-state index in [1.54, 1.807) is 55.2 Å². The number of nitrogens with two attached hydrogens (primary N) is 1. The van der Waals surface area contributed by atoms with Gasteiger partial charge in [0.15, 0.2) is 17.0 Å². The topological polar surface area (TPSA) is 165 Å². The number of fused-ring (bicyclic) bond motifs is 1. The van der Waals surface area contributed by atoms with E-state index in [2.05, 4.69) is 25.4 Å². The maximum atomic E-state index is 13.6. The summed E-state index contributed by atoms with van der Waals surface area (Å²) >= 11 is 0. The second-order valence-electron chi connectivity index (χ2n) is 8.09. The van der Waals surface area contributed by atoms with Crippen LogP contribution in [0.2, 0.25) is 0 Å². The van der Waals surface area contributed by atoms with E-state index in [0.717, 1.165) is 0 Å². The van der Waals surface area contributed by atoms with Gasteiger partial charge in [-0.05, 0) is 38.8 Å². The number of aromatic nitrogens is 4. The first-order valence-electron chi connectivity index (χ1n) is 11.6. The third-order valence-corrected chi connectivity index (χ3v) is 7.11. The lowest BCUT2D eigenvalue weighted by molar-refractivity contribution is -0.144. The lowest BCUT2D eigenvalue weighted by Crippen LogP contribution is -2.35. The van der Waals surface area contributed by atoms with Gasteiger partial charge in [0.2, 0.25) is 5.95 Å². The lowest BCUT2D eigenvalue weighted by Gasteiger charge is -2.24. The number of esters is 1. The Kier molecular flexibility index (Phi) is 8.04. The summed E-state index contributed by atoms with van der Waals surface area (Å²) < 4.78 is 37.9. The van der Waals surface area contributed by atoms with Gasteiger partial charge in [0.05, 0.1) is 25.6 Å². The Morgan fingerprint density at radius 3 is 2.81 bits per heavy atom. The van der Waals surface area contributed by atoms with Gasteiger partial charge in [-0.25, -0.2) is 9.55 Å². The Hall–Kier alpha value is -3.25. The van der Waals surface area contributed by atoms with Crippen molar-refractivity contribution in [3.05, 3.63) is 36.7 Å². The minimum absolute atomic E-state index is 0.0331. The highest BCUT2D eigenvalue weighted by Gasteiger charge is 2.35. The molecule has 4 rings (SSSR count). The number of anilines is 2. The average Bonchev–Trinajstić information content (AvgIpc) is 3.50. The zero-order chi connectivity index (χ0) is 25.7. The van der Waals surface area contributed by atoms with Crippen LogP contribution in [0, 0.1) is 0 Å². The minimum atomic E-state index is -3.96. The van der Waals surface area contributed by atoms with Gasteiger partial charge in [-0.3, -0.25) is 13.9 Å². The van der Waals surface area contributed by atoms with Crippen LogP contribution in [0.3, 0.4) is 0 Å². The molecule has 36 heavy (non-hydrogen) atoms. The fourth-order valence-electron chi connectivity index (χ4n) is 3.78. The van der Waals surface area contributed by atoms with Crippen LogP contribution in [-0.2, 0) is 23.4 Å². The van der Waals surface area contributed by atoms with E-state index in [4.69, 9.17) is 24.3 Å². The van der Waals surface area contributed by atoms with Gasteiger partial charge < -0.3 is 25.0 Å². The van der Waals surface area contributed by atoms with Crippen molar-refractivity contribution >= 4 is 36.6 Å². The van der Waals surface area contributed by atoms with E-state index in [1.165, 1.54) is 6.92 Å². The smallest absolute Gasteiger partial charge is 0.459 e. The second kappa shape index (κ2) is 11.2. The van der Waals surface area contributed by atoms with Crippen LogP contribution in [0.1, 0.15) is 32.9 Å². The van der Waals surface area contributed by atoms with Gasteiger partial charge in [-0.2, -0.15) is 15.1 Å². The van der Waals surface area contributed by atoms with Crippen LogP contribution in [0.5, 0.6) is 5.75 Å². The molecule has 3 heterocycles. The van der Waals surface area contributed by atoms with E-state index >= 15 is 0 Å². The first-order chi connectivity index (χ1) is 17.3. The molecule has 3 aromatic rings. The first-order valence-corrected chi connectivity index (χ1v) is 13.1. The SMILES string of the molecule is CCOC(=O)[C@@H](C)N[P@@](=O)(OC[C@@H]1CC[C@H](n2cnc3c(NC)nc(N)nc32)O1)Oc1ccccc1. The molecule has 1 saturated heterocycles. The normalized spacial score (nSPS) is 20.1. The standard InChI is InChI=1S/C22H30N7O6P/c1-4-32-21(30)14(2)28-36(31,35-15-8-6-5-7-9-15)33-12-16-10-11-17(34-16)29-13-25-18-19(24-3)26-22(23)27-20(18)29/h5-9,13-14,16-17H,4,10-12H2,1-3H3,(H,28,31)(H3,23,24,26,27)/t14-,16+,17-,36-/m1/s1. The molecule has 0 saturated carbocycles. The first kappa shape index (κ1) is 25.8. The Morgan fingerprint density at radius 1 is 1.31 bits per heavy atom. The van der Waals surface area contributed by atoms with Crippen LogP contribution in [-0.4, -0.2) is 57.9 Å². The quantitative estimate of drug-likeness (QED) is 0.251. The highest BCUT2D eigenvalue weighted by atomic mass is 31.2. The maximum Gasteiger partial charge on any atom is 0.459 e. The van der Waals surface area contributed by atoms with E-state index < -0.39 is 19.8 Å². The number of hydrogen-bond acceptors (Lipinski definition) is 11. The molecule has 2 aromatic heterocycles. The molecule has 1 aromatic carbocycles. The van der Waals surface area contributed by atoms with Crippen molar-refractivity contribution in [1.29, 1.82) is 0 Å². The van der Waals surface area contributed by atoms with E-state index in [-0.39, 0.29) is 31.5 Å². The predicted octanol–water partition coefficient (Wildman–Crippen LogP) is 2.87. The third kappa shape index (κ3) is 5.93. The summed E-state index contributed by atoms with van der Waals surface area (Å²) in [5.41, 5.74) is 6.96. The number of benzene rings is 1. The van der Waals surface area contributed by atoms with Crippen molar-refractivity contribution in [3.8, 4) is 5.75 Å². The Labute approximate surface area is 208 Å². The molecule has 0 aliphatic carbocycles. The Morgan fingerprint density at radius 2 is 2.08 bits per heavy atom. The molecule has 1 aliphatic heterocycles. The number of nitrogens with zero attached hydrogens (tertiary/aromatic N) is 4. The van der Waals surface area contributed by atoms with Crippen molar-refractivity contribution in [1.82, 2.24) is 24.6 Å². The van der Waals surface area contributed by atoms with Crippen LogP contribution >= 0.6 is 7.75 Å². The van der Waals surface area contributed by atoms with Crippen molar-refractivity contribution in [2.45, 2.75) is 45.1 Å². The van der Waals surface area contributed by atoms with Gasteiger partial charge in [-0.15, -0.1) is 0 Å². The second-order valence-corrected chi connectivity index (χ2v) is 9.79. The number of nitrogens with one attached hydrogen (secondary N) is 2. The summed E-state index contributed by atoms with van der Waals surface area (Å²) in [5.74, 6) is 0.406.